The van der Waals surface area contributed by atoms with Gasteiger partial charge in [-0.2, -0.15) is 23.1 Å². The molecule has 0 saturated carbocycles. The van der Waals surface area contributed by atoms with Gasteiger partial charge in [0.25, 0.3) is 0 Å². The second-order valence-electron chi connectivity index (χ2n) is 6.69. The van der Waals surface area contributed by atoms with Crippen LogP contribution in [-0.2, 0) is 10.9 Å². The van der Waals surface area contributed by atoms with Gasteiger partial charge in [-0.1, -0.05) is 12.1 Å². The largest absolute Gasteiger partial charge is 0.443 e. The minimum atomic E-state index is -4.70. The Morgan fingerprint density at radius 2 is 1.74 bits per heavy atom. The lowest BCUT2D eigenvalue weighted by Crippen LogP contribution is -2.31. The number of amides is 1. The third-order valence-electron chi connectivity index (χ3n) is 3.30. The molecule has 1 N–H and O–H groups in total. The average Bonchev–Trinajstić information content (AvgIpc) is 2.99. The molecule has 0 aliphatic heterocycles. The van der Waals surface area contributed by atoms with E-state index in [9.17, 15) is 18.0 Å². The molecule has 27 heavy (non-hydrogen) atoms. The summed E-state index contributed by atoms with van der Waals surface area (Å²) in [6.07, 6.45) is -3.13. The Morgan fingerprint density at radius 1 is 1.11 bits per heavy atom. The molecule has 0 aliphatic rings. The summed E-state index contributed by atoms with van der Waals surface area (Å²) < 4.78 is 45.4. The SMILES string of the molecule is CC(C)(C)OC(=O)Nn1cc(-c2nc3ccccc3nc2C(F)(F)F)cn1. The summed E-state index contributed by atoms with van der Waals surface area (Å²) in [7, 11) is 0. The maximum atomic E-state index is 13.4. The third-order valence-corrected chi connectivity index (χ3v) is 3.30. The number of ether oxygens (including phenoxy) is 1. The lowest BCUT2D eigenvalue weighted by molar-refractivity contribution is -0.140. The molecule has 1 aromatic carbocycles. The molecule has 142 valence electrons. The Labute approximate surface area is 152 Å². The molecular weight excluding hydrogens is 363 g/mol. The molecule has 0 spiro atoms. The van der Waals surface area contributed by atoms with Crippen molar-refractivity contribution in [1.29, 1.82) is 0 Å². The van der Waals surface area contributed by atoms with E-state index in [1.165, 1.54) is 12.3 Å². The summed E-state index contributed by atoms with van der Waals surface area (Å²) >= 11 is 0. The molecule has 0 radical (unpaired) electrons. The second-order valence-corrected chi connectivity index (χ2v) is 6.69. The van der Waals surface area contributed by atoms with Crippen molar-refractivity contribution in [2.45, 2.75) is 32.5 Å². The van der Waals surface area contributed by atoms with E-state index in [0.29, 0.717) is 5.52 Å². The fourth-order valence-corrected chi connectivity index (χ4v) is 2.30. The molecule has 0 atom stereocenters. The summed E-state index contributed by atoms with van der Waals surface area (Å²) in [5.74, 6) is 0. The topological polar surface area (TPSA) is 81.9 Å². The predicted molar refractivity (Wildman–Crippen MR) is 91.4 cm³/mol. The van der Waals surface area contributed by atoms with Gasteiger partial charge in [0.2, 0.25) is 0 Å². The molecule has 1 amide bonds. The number of carbonyl (C=O) groups is 1. The molecule has 3 aromatic rings. The molecule has 3 rings (SSSR count). The summed E-state index contributed by atoms with van der Waals surface area (Å²) in [5.41, 5.74) is 0.565. The van der Waals surface area contributed by atoms with Crippen molar-refractivity contribution in [1.82, 2.24) is 19.9 Å². The van der Waals surface area contributed by atoms with E-state index >= 15 is 0 Å². The first-order chi connectivity index (χ1) is 12.5. The van der Waals surface area contributed by atoms with Crippen LogP contribution in [0.4, 0.5) is 18.0 Å². The van der Waals surface area contributed by atoms with Gasteiger partial charge in [0.05, 0.1) is 23.4 Å². The third kappa shape index (κ3) is 4.33. The molecule has 0 unspecified atom stereocenters. The van der Waals surface area contributed by atoms with Crippen molar-refractivity contribution in [3.8, 4) is 11.3 Å². The van der Waals surface area contributed by atoms with E-state index in [0.717, 1.165) is 11.0 Å². The predicted octanol–water partition coefficient (Wildman–Crippen LogP) is 3.99. The van der Waals surface area contributed by atoms with E-state index in [4.69, 9.17) is 4.74 Å². The van der Waals surface area contributed by atoms with E-state index in [2.05, 4.69) is 20.5 Å². The number of aromatic nitrogens is 4. The highest BCUT2D eigenvalue weighted by Crippen LogP contribution is 2.35. The number of para-hydroxylation sites is 2. The van der Waals surface area contributed by atoms with Crippen LogP contribution in [0, 0.1) is 0 Å². The summed E-state index contributed by atoms with van der Waals surface area (Å²) in [6.45, 7) is 5.05. The number of alkyl halides is 3. The average molecular weight is 379 g/mol. The van der Waals surface area contributed by atoms with Gasteiger partial charge in [0.1, 0.15) is 11.3 Å². The standard InChI is InChI=1S/C17H16F3N5O2/c1-16(2,3)27-15(26)24-25-9-10(8-21-25)13-14(17(18,19)20)23-12-7-5-4-6-11(12)22-13/h4-9H,1-3H3,(H,24,26). The Balaban J connectivity index is 1.98. The number of halogens is 3. The first-order valence-corrected chi connectivity index (χ1v) is 7.92. The molecule has 7 nitrogen and oxygen atoms in total. The maximum Gasteiger partial charge on any atom is 0.435 e. The maximum absolute atomic E-state index is 13.4. The quantitative estimate of drug-likeness (QED) is 0.728. The normalized spacial score (nSPS) is 12.2. The van der Waals surface area contributed by atoms with Crippen molar-refractivity contribution in [3.63, 3.8) is 0 Å². The molecule has 0 aliphatic carbocycles. The fraction of sp³-hybridized carbons (Fsp3) is 0.294. The highest BCUT2D eigenvalue weighted by Gasteiger charge is 2.37. The van der Waals surface area contributed by atoms with Crippen molar-refractivity contribution in [2.75, 3.05) is 5.43 Å². The van der Waals surface area contributed by atoms with Gasteiger partial charge in [-0.25, -0.2) is 20.2 Å². The van der Waals surface area contributed by atoms with Crippen molar-refractivity contribution < 1.29 is 22.7 Å². The number of benzene rings is 1. The van der Waals surface area contributed by atoms with Crippen LogP contribution in [0.3, 0.4) is 0 Å². The molecule has 2 heterocycles. The second kappa shape index (κ2) is 6.53. The Morgan fingerprint density at radius 3 is 2.33 bits per heavy atom. The number of rotatable bonds is 2. The van der Waals surface area contributed by atoms with Crippen molar-refractivity contribution >= 4 is 17.1 Å². The number of hydrogen-bond acceptors (Lipinski definition) is 5. The summed E-state index contributed by atoms with van der Waals surface area (Å²) in [5, 5.41) is 3.84. The molecule has 10 heteroatoms. The molecule has 2 aromatic heterocycles. The van der Waals surface area contributed by atoms with Gasteiger partial charge < -0.3 is 4.74 Å². The number of fused-ring (bicyclic) bond motifs is 1. The molecule has 0 bridgehead atoms. The number of nitrogens with zero attached hydrogens (tertiary/aromatic N) is 4. The minimum absolute atomic E-state index is 0.0524. The summed E-state index contributed by atoms with van der Waals surface area (Å²) in [6, 6.07) is 6.26. The van der Waals surface area contributed by atoms with E-state index in [1.807, 2.05) is 0 Å². The summed E-state index contributed by atoms with van der Waals surface area (Å²) in [4.78, 5) is 20.5. The Bertz CT molecular complexity index is 992. The van der Waals surface area contributed by atoms with E-state index in [-0.39, 0.29) is 16.8 Å². The van der Waals surface area contributed by atoms with Crippen LogP contribution in [0.1, 0.15) is 26.5 Å². The Kier molecular flexibility index (Phi) is 4.50. The zero-order chi connectivity index (χ0) is 19.8. The molecule has 0 fully saturated rings. The van der Waals surface area contributed by atoms with Gasteiger partial charge in [-0.15, -0.1) is 0 Å². The fourth-order valence-electron chi connectivity index (χ4n) is 2.30. The number of carbonyl (C=O) groups excluding carboxylic acids is 1. The van der Waals surface area contributed by atoms with Crippen LogP contribution >= 0.6 is 0 Å². The van der Waals surface area contributed by atoms with Gasteiger partial charge in [0.15, 0.2) is 5.69 Å². The van der Waals surface area contributed by atoms with Crippen LogP contribution in [0.25, 0.3) is 22.3 Å². The van der Waals surface area contributed by atoms with Crippen LogP contribution < -0.4 is 5.43 Å². The highest BCUT2D eigenvalue weighted by atomic mass is 19.4. The van der Waals surface area contributed by atoms with Crippen molar-refractivity contribution in [2.24, 2.45) is 0 Å². The van der Waals surface area contributed by atoms with E-state index < -0.39 is 23.6 Å². The zero-order valence-electron chi connectivity index (χ0n) is 14.7. The Hall–Kier alpha value is -3.17. The monoisotopic (exact) mass is 379 g/mol. The number of hydrogen-bond donors (Lipinski definition) is 1. The smallest absolute Gasteiger partial charge is 0.435 e. The lowest BCUT2D eigenvalue weighted by atomic mass is 10.1. The minimum Gasteiger partial charge on any atom is -0.443 e. The zero-order valence-corrected chi connectivity index (χ0v) is 14.7. The van der Waals surface area contributed by atoms with Gasteiger partial charge >= 0.3 is 12.3 Å². The van der Waals surface area contributed by atoms with Gasteiger partial charge in [-0.05, 0) is 32.9 Å². The van der Waals surface area contributed by atoms with Crippen LogP contribution in [-0.4, -0.2) is 31.6 Å². The first-order valence-electron chi connectivity index (χ1n) is 7.92. The van der Waals surface area contributed by atoms with Crippen molar-refractivity contribution in [3.05, 3.63) is 42.4 Å². The van der Waals surface area contributed by atoms with Crippen LogP contribution in [0.15, 0.2) is 36.7 Å². The van der Waals surface area contributed by atoms with Crippen LogP contribution in [0.2, 0.25) is 0 Å². The van der Waals surface area contributed by atoms with Gasteiger partial charge in [-0.3, -0.25) is 0 Å². The van der Waals surface area contributed by atoms with Gasteiger partial charge in [0, 0.05) is 5.56 Å². The van der Waals surface area contributed by atoms with E-state index in [1.54, 1.807) is 39.0 Å². The molecule has 0 saturated heterocycles. The lowest BCUT2D eigenvalue weighted by Gasteiger charge is -2.19. The first kappa shape index (κ1) is 18.6. The number of nitrogens with one attached hydrogen (secondary N) is 1. The molecular formula is C17H16F3N5O2. The van der Waals surface area contributed by atoms with Crippen LogP contribution in [0.5, 0.6) is 0 Å². The highest BCUT2D eigenvalue weighted by molar-refractivity contribution is 5.79.